The van der Waals surface area contributed by atoms with Crippen molar-refractivity contribution in [2.45, 2.75) is 26.8 Å². The minimum absolute atomic E-state index is 0.0162. The minimum atomic E-state index is -0.0162. The van der Waals surface area contributed by atoms with E-state index in [0.29, 0.717) is 0 Å². The van der Waals surface area contributed by atoms with Gasteiger partial charge in [0.25, 0.3) is 0 Å². The summed E-state index contributed by atoms with van der Waals surface area (Å²) in [5.41, 5.74) is 1.83. The zero-order valence-corrected chi connectivity index (χ0v) is 11.7. The lowest BCUT2D eigenvalue weighted by molar-refractivity contribution is -0.120. The van der Waals surface area contributed by atoms with Gasteiger partial charge in [0.1, 0.15) is 5.52 Å². The number of nitrogens with one attached hydrogen (secondary N) is 1. The van der Waals surface area contributed by atoms with E-state index in [1.807, 2.05) is 38.8 Å². The lowest BCUT2D eigenvalue weighted by Gasteiger charge is -2.19. The Kier molecular flexibility index (Phi) is 3.69. The molecule has 2 heterocycles. The summed E-state index contributed by atoms with van der Waals surface area (Å²) in [4.78, 5) is 17.9. The molecule has 0 unspecified atom stereocenters. The molecule has 0 radical (unpaired) electrons. The summed E-state index contributed by atoms with van der Waals surface area (Å²) in [6.07, 6.45) is 3.49. The van der Waals surface area contributed by atoms with E-state index in [1.54, 1.807) is 16.9 Å². The molecule has 0 atom stereocenters. The molecule has 0 aliphatic carbocycles. The summed E-state index contributed by atoms with van der Waals surface area (Å²) in [7, 11) is 1.85. The van der Waals surface area contributed by atoms with Crippen molar-refractivity contribution in [1.82, 2.24) is 19.9 Å². The van der Waals surface area contributed by atoms with Gasteiger partial charge in [0.05, 0.1) is 12.2 Å². The zero-order valence-electron chi connectivity index (χ0n) is 11.7. The van der Waals surface area contributed by atoms with E-state index < -0.39 is 0 Å². The first-order chi connectivity index (χ1) is 8.97. The highest BCUT2D eigenvalue weighted by molar-refractivity contribution is 5.83. The Hall–Kier alpha value is -2.11. The van der Waals surface area contributed by atoms with Crippen molar-refractivity contribution in [1.29, 1.82) is 0 Å². The van der Waals surface area contributed by atoms with Crippen LogP contribution in [0, 0.1) is 6.92 Å². The highest BCUT2D eigenvalue weighted by Gasteiger charge is 2.13. The second-order valence-corrected chi connectivity index (χ2v) is 4.94. The predicted molar refractivity (Wildman–Crippen MR) is 74.3 cm³/mol. The van der Waals surface area contributed by atoms with Crippen molar-refractivity contribution in [2.24, 2.45) is 0 Å². The number of aryl methyl sites for hydroxylation is 1. The molecular weight excluding hydrogens is 242 g/mol. The molecule has 0 saturated heterocycles. The van der Waals surface area contributed by atoms with E-state index in [1.165, 1.54) is 0 Å². The number of carbonyl (C=O) groups is 1. The van der Waals surface area contributed by atoms with E-state index in [0.717, 1.165) is 17.0 Å². The number of fused-ring (bicyclic) bond motifs is 1. The van der Waals surface area contributed by atoms with Crippen LogP contribution in [0.2, 0.25) is 0 Å². The van der Waals surface area contributed by atoms with Gasteiger partial charge in [0, 0.05) is 25.5 Å². The fraction of sp³-hybridized carbons (Fsp3) is 0.462. The van der Waals surface area contributed by atoms with Crippen molar-refractivity contribution in [3.63, 3.8) is 0 Å². The highest BCUT2D eigenvalue weighted by atomic mass is 16.2. The summed E-state index contributed by atoms with van der Waals surface area (Å²) in [5, 5.41) is 7.20. The number of rotatable bonds is 4. The number of anilines is 1. The van der Waals surface area contributed by atoms with Gasteiger partial charge in [-0.2, -0.15) is 5.10 Å². The molecule has 2 rings (SSSR count). The van der Waals surface area contributed by atoms with Crippen LogP contribution >= 0.6 is 0 Å². The molecule has 2 aromatic heterocycles. The van der Waals surface area contributed by atoms with Gasteiger partial charge >= 0.3 is 0 Å². The molecule has 0 bridgehead atoms. The van der Waals surface area contributed by atoms with Crippen LogP contribution in [0.5, 0.6) is 0 Å². The van der Waals surface area contributed by atoms with Crippen LogP contribution in [0.3, 0.4) is 0 Å². The first-order valence-electron chi connectivity index (χ1n) is 6.29. The average Bonchev–Trinajstić information content (AvgIpc) is 2.67. The fourth-order valence-electron chi connectivity index (χ4n) is 1.98. The van der Waals surface area contributed by atoms with Crippen molar-refractivity contribution in [3.05, 3.63) is 24.2 Å². The normalized spacial score (nSPS) is 11.0. The summed E-state index contributed by atoms with van der Waals surface area (Å²) >= 11 is 0. The molecular formula is C13H19N5O. The molecule has 2 aromatic rings. The van der Waals surface area contributed by atoms with Crippen LogP contribution in [-0.2, 0) is 4.79 Å². The number of hydrogen-bond acceptors (Lipinski definition) is 4. The molecule has 6 heteroatoms. The quantitative estimate of drug-likeness (QED) is 0.892. The Morgan fingerprint density at radius 1 is 1.53 bits per heavy atom. The van der Waals surface area contributed by atoms with E-state index in [9.17, 15) is 4.79 Å². The predicted octanol–water partition coefficient (Wildman–Crippen LogP) is 0.999. The number of nitrogens with zero attached hydrogens (tertiary/aromatic N) is 4. The first-order valence-corrected chi connectivity index (χ1v) is 6.29. The van der Waals surface area contributed by atoms with Crippen LogP contribution in [-0.4, -0.2) is 40.1 Å². The number of hydrogen-bond donors (Lipinski definition) is 1. The second-order valence-electron chi connectivity index (χ2n) is 4.94. The van der Waals surface area contributed by atoms with Gasteiger partial charge < -0.3 is 10.2 Å². The molecule has 0 spiro atoms. The van der Waals surface area contributed by atoms with Crippen LogP contribution in [0.15, 0.2) is 18.5 Å². The molecule has 0 aromatic carbocycles. The lowest BCUT2D eigenvalue weighted by Crippen LogP contribution is -2.39. The van der Waals surface area contributed by atoms with Gasteiger partial charge in [-0.15, -0.1) is 0 Å². The van der Waals surface area contributed by atoms with E-state index in [4.69, 9.17) is 0 Å². The maximum Gasteiger partial charge on any atom is 0.239 e. The molecule has 6 nitrogen and oxygen atoms in total. The number of carbonyl (C=O) groups excluding carboxylic acids is 1. The van der Waals surface area contributed by atoms with Crippen molar-refractivity contribution in [2.75, 3.05) is 18.5 Å². The van der Waals surface area contributed by atoms with Crippen molar-refractivity contribution >= 4 is 17.2 Å². The highest BCUT2D eigenvalue weighted by Crippen LogP contribution is 2.17. The van der Waals surface area contributed by atoms with Gasteiger partial charge in [0.15, 0.2) is 5.82 Å². The molecule has 1 amide bonds. The van der Waals surface area contributed by atoms with Crippen LogP contribution in [0.1, 0.15) is 19.5 Å². The summed E-state index contributed by atoms with van der Waals surface area (Å²) < 4.78 is 1.77. The Morgan fingerprint density at radius 2 is 2.26 bits per heavy atom. The van der Waals surface area contributed by atoms with E-state index in [-0.39, 0.29) is 18.5 Å². The van der Waals surface area contributed by atoms with E-state index >= 15 is 0 Å². The lowest BCUT2D eigenvalue weighted by atomic mass is 10.3. The standard InChI is InChI=1S/C13H19N5O/c1-9(2)15-12(19)8-17(4)13-11-7-10(3)16-18(11)6-5-14-13/h5-7,9H,8H2,1-4H3,(H,15,19). The fourth-order valence-corrected chi connectivity index (χ4v) is 1.98. The Morgan fingerprint density at radius 3 is 2.95 bits per heavy atom. The Bertz CT molecular complexity index is 590. The summed E-state index contributed by atoms with van der Waals surface area (Å²) in [6.45, 7) is 6.09. The smallest absolute Gasteiger partial charge is 0.239 e. The maximum atomic E-state index is 11.8. The monoisotopic (exact) mass is 261 g/mol. The molecule has 19 heavy (non-hydrogen) atoms. The van der Waals surface area contributed by atoms with Crippen LogP contribution < -0.4 is 10.2 Å². The average molecular weight is 261 g/mol. The third-order valence-corrected chi connectivity index (χ3v) is 2.68. The third-order valence-electron chi connectivity index (χ3n) is 2.68. The molecule has 0 aliphatic heterocycles. The van der Waals surface area contributed by atoms with Crippen molar-refractivity contribution < 1.29 is 4.79 Å². The van der Waals surface area contributed by atoms with Crippen LogP contribution in [0.4, 0.5) is 5.82 Å². The second kappa shape index (κ2) is 5.26. The third kappa shape index (κ3) is 3.01. The number of aromatic nitrogens is 3. The van der Waals surface area contributed by atoms with Gasteiger partial charge in [-0.25, -0.2) is 9.50 Å². The van der Waals surface area contributed by atoms with Crippen LogP contribution in [0.25, 0.3) is 5.52 Å². The number of amides is 1. The topological polar surface area (TPSA) is 62.5 Å². The maximum absolute atomic E-state index is 11.8. The molecule has 0 aliphatic rings. The largest absolute Gasteiger partial charge is 0.352 e. The zero-order chi connectivity index (χ0) is 14.0. The molecule has 0 saturated carbocycles. The molecule has 0 fully saturated rings. The first kappa shape index (κ1) is 13.3. The summed E-state index contributed by atoms with van der Waals surface area (Å²) in [5.74, 6) is 0.736. The Balaban J connectivity index is 2.21. The van der Waals surface area contributed by atoms with Crippen molar-refractivity contribution in [3.8, 4) is 0 Å². The van der Waals surface area contributed by atoms with Gasteiger partial charge in [-0.3, -0.25) is 4.79 Å². The summed E-state index contributed by atoms with van der Waals surface area (Å²) in [6, 6.07) is 2.10. The van der Waals surface area contributed by atoms with E-state index in [2.05, 4.69) is 15.4 Å². The van der Waals surface area contributed by atoms with Gasteiger partial charge in [-0.1, -0.05) is 0 Å². The van der Waals surface area contributed by atoms with Gasteiger partial charge in [0.2, 0.25) is 5.91 Å². The number of likely N-dealkylation sites (N-methyl/N-ethyl adjacent to an activating group) is 1. The minimum Gasteiger partial charge on any atom is -0.352 e. The molecule has 102 valence electrons. The Labute approximate surface area is 112 Å². The molecule has 1 N–H and O–H groups in total. The SMILES string of the molecule is Cc1cc2c(N(C)CC(=O)NC(C)C)nccn2n1. The van der Waals surface area contributed by atoms with Gasteiger partial charge in [-0.05, 0) is 26.8 Å².